The van der Waals surface area contributed by atoms with E-state index in [4.69, 9.17) is 5.11 Å². The summed E-state index contributed by atoms with van der Waals surface area (Å²) in [4.78, 5) is 2.49. The zero-order valence-electron chi connectivity index (χ0n) is 11.7. The Labute approximate surface area is 107 Å². The van der Waals surface area contributed by atoms with E-state index >= 15 is 0 Å². The van der Waals surface area contributed by atoms with Gasteiger partial charge in [-0.2, -0.15) is 0 Å². The fraction of sp³-hybridized carbons (Fsp3) is 1.00. The average molecular weight is 242 g/mol. The monoisotopic (exact) mass is 242 g/mol. The van der Waals surface area contributed by atoms with Crippen molar-refractivity contribution in [3.8, 4) is 0 Å². The predicted molar refractivity (Wildman–Crippen MR) is 73.3 cm³/mol. The lowest BCUT2D eigenvalue weighted by Gasteiger charge is -2.33. The third kappa shape index (κ3) is 5.36. The summed E-state index contributed by atoms with van der Waals surface area (Å²) in [6.45, 7) is 3.90. The van der Waals surface area contributed by atoms with Gasteiger partial charge in [0.2, 0.25) is 0 Å². The molecule has 0 heterocycles. The summed E-state index contributed by atoms with van der Waals surface area (Å²) in [5, 5.41) is 12.1. The van der Waals surface area contributed by atoms with Crippen molar-refractivity contribution < 1.29 is 5.11 Å². The van der Waals surface area contributed by atoms with E-state index in [2.05, 4.69) is 24.3 Å². The second kappa shape index (κ2) is 8.06. The summed E-state index contributed by atoms with van der Waals surface area (Å²) < 4.78 is 0. The molecule has 3 heteroatoms. The summed E-state index contributed by atoms with van der Waals surface area (Å²) in [5.74, 6) is 0. The van der Waals surface area contributed by atoms with E-state index in [1.165, 1.54) is 45.2 Å². The van der Waals surface area contributed by atoms with Gasteiger partial charge in [-0.05, 0) is 58.2 Å². The van der Waals surface area contributed by atoms with Crippen LogP contribution in [0.4, 0.5) is 0 Å². The number of nitrogens with zero attached hydrogens (tertiary/aromatic N) is 1. The van der Waals surface area contributed by atoms with Gasteiger partial charge in [-0.15, -0.1) is 0 Å². The van der Waals surface area contributed by atoms with Gasteiger partial charge in [0.15, 0.2) is 0 Å². The van der Waals surface area contributed by atoms with Crippen LogP contribution in [-0.2, 0) is 0 Å². The molecule has 3 nitrogen and oxygen atoms in total. The third-order valence-corrected chi connectivity index (χ3v) is 4.02. The minimum atomic E-state index is 0.341. The molecule has 17 heavy (non-hydrogen) atoms. The Balaban J connectivity index is 2.24. The van der Waals surface area contributed by atoms with Gasteiger partial charge in [-0.3, -0.25) is 0 Å². The van der Waals surface area contributed by atoms with Crippen molar-refractivity contribution in [2.45, 2.75) is 44.9 Å². The number of nitrogens with one attached hydrogen (secondary N) is 1. The van der Waals surface area contributed by atoms with Crippen LogP contribution in [0.5, 0.6) is 0 Å². The molecule has 102 valence electrons. The zero-order valence-corrected chi connectivity index (χ0v) is 11.7. The first-order valence-corrected chi connectivity index (χ1v) is 7.16. The van der Waals surface area contributed by atoms with E-state index in [0.717, 1.165) is 19.4 Å². The smallest absolute Gasteiger partial charge is 0.0431 e. The molecule has 0 saturated heterocycles. The van der Waals surface area contributed by atoms with Crippen LogP contribution in [0.15, 0.2) is 0 Å². The summed E-state index contributed by atoms with van der Waals surface area (Å²) in [7, 11) is 4.32. The number of unbranched alkanes of at least 4 members (excludes halogenated alkanes) is 2. The van der Waals surface area contributed by atoms with Gasteiger partial charge in [0, 0.05) is 19.7 Å². The van der Waals surface area contributed by atoms with Crippen molar-refractivity contribution in [3.63, 3.8) is 0 Å². The molecule has 0 aromatic carbocycles. The summed E-state index contributed by atoms with van der Waals surface area (Å²) in [6.07, 6.45) is 8.89. The van der Waals surface area contributed by atoms with E-state index < -0.39 is 0 Å². The molecule has 0 bridgehead atoms. The minimum absolute atomic E-state index is 0.341. The van der Waals surface area contributed by atoms with Crippen LogP contribution in [0.25, 0.3) is 0 Å². The number of rotatable bonds is 9. The minimum Gasteiger partial charge on any atom is -0.396 e. The van der Waals surface area contributed by atoms with Crippen LogP contribution in [0.3, 0.4) is 0 Å². The Morgan fingerprint density at radius 2 is 1.88 bits per heavy atom. The molecule has 2 N–H and O–H groups in total. The first kappa shape index (κ1) is 14.9. The van der Waals surface area contributed by atoms with Crippen LogP contribution in [0.1, 0.15) is 44.9 Å². The quantitative estimate of drug-likeness (QED) is 0.606. The number of aliphatic hydroxyl groups excluding tert-OH is 1. The lowest BCUT2D eigenvalue weighted by atomic mass is 9.85. The molecule has 1 rings (SSSR count). The van der Waals surface area contributed by atoms with E-state index in [1.807, 2.05) is 0 Å². The van der Waals surface area contributed by atoms with Crippen LogP contribution in [0, 0.1) is 5.41 Å². The largest absolute Gasteiger partial charge is 0.396 e. The molecule has 0 radical (unpaired) electrons. The molecule has 0 aromatic heterocycles. The molecular weight excluding hydrogens is 212 g/mol. The van der Waals surface area contributed by atoms with Crippen molar-refractivity contribution in [1.29, 1.82) is 0 Å². The number of hydrogen-bond donors (Lipinski definition) is 2. The lowest BCUT2D eigenvalue weighted by Crippen LogP contribution is -2.40. The van der Waals surface area contributed by atoms with Crippen molar-refractivity contribution >= 4 is 0 Å². The highest BCUT2D eigenvalue weighted by molar-refractivity contribution is 4.88. The van der Waals surface area contributed by atoms with Crippen LogP contribution in [-0.4, -0.2) is 50.3 Å². The van der Waals surface area contributed by atoms with Crippen molar-refractivity contribution in [1.82, 2.24) is 10.2 Å². The highest BCUT2D eigenvalue weighted by Gasteiger charge is 2.33. The van der Waals surface area contributed by atoms with Gasteiger partial charge in [-0.25, -0.2) is 0 Å². The van der Waals surface area contributed by atoms with Gasteiger partial charge in [-0.1, -0.05) is 12.8 Å². The maximum Gasteiger partial charge on any atom is 0.0431 e. The number of aliphatic hydroxyl groups is 1. The Hall–Kier alpha value is -0.120. The van der Waals surface area contributed by atoms with Crippen molar-refractivity contribution in [2.24, 2.45) is 5.41 Å². The molecule has 1 fully saturated rings. The van der Waals surface area contributed by atoms with E-state index in [-0.39, 0.29) is 0 Å². The second-order valence-corrected chi connectivity index (χ2v) is 5.76. The Morgan fingerprint density at radius 1 is 1.18 bits per heavy atom. The van der Waals surface area contributed by atoms with E-state index in [9.17, 15) is 0 Å². The normalized spacial score (nSPS) is 19.1. The molecule has 1 saturated carbocycles. The Bertz CT molecular complexity index is 191. The predicted octanol–water partition coefficient (Wildman–Crippen LogP) is 1.86. The highest BCUT2D eigenvalue weighted by atomic mass is 16.2. The molecule has 0 aromatic rings. The molecule has 0 amide bonds. The first-order chi connectivity index (χ1) is 8.22. The van der Waals surface area contributed by atoms with Gasteiger partial charge in [0.05, 0.1) is 0 Å². The maximum absolute atomic E-state index is 8.75. The molecular formula is C14H30N2O. The topological polar surface area (TPSA) is 35.5 Å². The van der Waals surface area contributed by atoms with Gasteiger partial charge >= 0.3 is 0 Å². The average Bonchev–Trinajstić information content (AvgIpc) is 2.73. The molecule has 0 atom stereocenters. The van der Waals surface area contributed by atoms with E-state index in [1.54, 1.807) is 0 Å². The van der Waals surface area contributed by atoms with Crippen LogP contribution in [0.2, 0.25) is 0 Å². The fourth-order valence-electron chi connectivity index (χ4n) is 3.21. The lowest BCUT2D eigenvalue weighted by molar-refractivity contribution is 0.172. The van der Waals surface area contributed by atoms with Gasteiger partial charge in [0.1, 0.15) is 0 Å². The Kier molecular flexibility index (Phi) is 7.09. The summed E-state index contributed by atoms with van der Waals surface area (Å²) >= 11 is 0. The fourth-order valence-corrected chi connectivity index (χ4v) is 3.21. The number of hydrogen-bond acceptors (Lipinski definition) is 3. The Morgan fingerprint density at radius 3 is 2.47 bits per heavy atom. The third-order valence-electron chi connectivity index (χ3n) is 4.02. The van der Waals surface area contributed by atoms with Crippen molar-refractivity contribution in [3.05, 3.63) is 0 Å². The second-order valence-electron chi connectivity index (χ2n) is 5.76. The van der Waals surface area contributed by atoms with Crippen molar-refractivity contribution in [2.75, 3.05) is 40.3 Å². The standard InChI is InChI=1S/C14H30N2O/c1-15-12-14(8-4-5-9-14)13-16(2)10-6-3-7-11-17/h15,17H,3-13H2,1-2H3. The van der Waals surface area contributed by atoms with Gasteiger partial charge in [0.25, 0.3) is 0 Å². The molecule has 1 aliphatic rings. The zero-order chi connectivity index (χ0) is 12.6. The van der Waals surface area contributed by atoms with Gasteiger partial charge < -0.3 is 15.3 Å². The molecule has 0 aliphatic heterocycles. The molecule has 0 spiro atoms. The molecule has 0 unspecified atom stereocenters. The van der Waals surface area contributed by atoms with Crippen LogP contribution < -0.4 is 5.32 Å². The summed E-state index contributed by atoms with van der Waals surface area (Å²) in [5.41, 5.74) is 0.528. The first-order valence-electron chi connectivity index (χ1n) is 7.16. The highest BCUT2D eigenvalue weighted by Crippen LogP contribution is 2.38. The SMILES string of the molecule is CNCC1(CN(C)CCCCCO)CCCC1. The summed E-state index contributed by atoms with van der Waals surface area (Å²) in [6, 6.07) is 0. The van der Waals surface area contributed by atoms with Crippen LogP contribution >= 0.6 is 0 Å². The maximum atomic E-state index is 8.75. The van der Waals surface area contributed by atoms with E-state index in [0.29, 0.717) is 12.0 Å². The molecule has 1 aliphatic carbocycles.